The summed E-state index contributed by atoms with van der Waals surface area (Å²) in [6.45, 7) is 5.96. The predicted octanol–water partition coefficient (Wildman–Crippen LogP) is 2.10. The Kier molecular flexibility index (Phi) is 3.28. The van der Waals surface area contributed by atoms with Gasteiger partial charge >= 0.3 is 0 Å². The van der Waals surface area contributed by atoms with Gasteiger partial charge in [0.2, 0.25) is 0 Å². The molecular formula is C10H17N3O. The number of ketones is 1. The topological polar surface area (TPSA) is 46.9 Å². The van der Waals surface area contributed by atoms with Gasteiger partial charge in [-0.05, 0) is 13.8 Å². The first kappa shape index (κ1) is 10.8. The lowest BCUT2D eigenvalue weighted by atomic mass is 10.2. The maximum atomic E-state index is 11.5. The molecule has 4 nitrogen and oxygen atoms in total. The van der Waals surface area contributed by atoms with Crippen LogP contribution in [0.25, 0.3) is 0 Å². The monoisotopic (exact) mass is 195 g/mol. The van der Waals surface area contributed by atoms with E-state index in [2.05, 4.69) is 24.1 Å². The highest BCUT2D eigenvalue weighted by molar-refractivity contribution is 5.98. The molecule has 0 fully saturated rings. The molecule has 0 radical (unpaired) electrons. The minimum Gasteiger partial charge on any atom is -0.373 e. The van der Waals surface area contributed by atoms with Crippen LogP contribution in [0, 0.1) is 0 Å². The molecule has 0 aliphatic carbocycles. The Balaban J connectivity index is 3.13. The number of nitrogens with one attached hydrogen (secondary N) is 1. The van der Waals surface area contributed by atoms with Crippen LogP contribution in [-0.4, -0.2) is 22.4 Å². The van der Waals surface area contributed by atoms with Crippen molar-refractivity contribution in [3.8, 4) is 0 Å². The standard InChI is InChI=1S/C10H17N3O/c1-5-8(14)9-10(11-4)13(6-12-9)7(2)3/h6-7,11H,5H2,1-4H3. The molecule has 78 valence electrons. The van der Waals surface area contributed by atoms with Crippen molar-refractivity contribution in [2.24, 2.45) is 0 Å². The molecule has 0 aromatic carbocycles. The van der Waals surface area contributed by atoms with Crippen molar-refractivity contribution in [2.45, 2.75) is 33.2 Å². The Labute approximate surface area is 84.3 Å². The van der Waals surface area contributed by atoms with Crippen molar-refractivity contribution in [3.05, 3.63) is 12.0 Å². The Hall–Kier alpha value is -1.32. The fraction of sp³-hybridized carbons (Fsp3) is 0.600. The van der Waals surface area contributed by atoms with Crippen molar-refractivity contribution in [1.82, 2.24) is 9.55 Å². The van der Waals surface area contributed by atoms with Crippen LogP contribution in [0.15, 0.2) is 6.33 Å². The molecule has 0 bridgehead atoms. The SMILES string of the molecule is CCC(=O)c1ncn(C(C)C)c1NC. The zero-order valence-corrected chi connectivity index (χ0v) is 9.16. The molecule has 1 aromatic rings. The van der Waals surface area contributed by atoms with Gasteiger partial charge in [0.05, 0.1) is 6.33 Å². The van der Waals surface area contributed by atoms with Crippen LogP contribution in [0.4, 0.5) is 5.82 Å². The third kappa shape index (κ3) is 1.78. The van der Waals surface area contributed by atoms with Gasteiger partial charge in [0.25, 0.3) is 0 Å². The lowest BCUT2D eigenvalue weighted by Gasteiger charge is -2.11. The van der Waals surface area contributed by atoms with E-state index in [1.807, 2.05) is 18.5 Å². The van der Waals surface area contributed by atoms with Gasteiger partial charge in [0, 0.05) is 19.5 Å². The van der Waals surface area contributed by atoms with Gasteiger partial charge in [0.1, 0.15) is 11.5 Å². The summed E-state index contributed by atoms with van der Waals surface area (Å²) in [5, 5.41) is 3.02. The van der Waals surface area contributed by atoms with E-state index in [9.17, 15) is 4.79 Å². The van der Waals surface area contributed by atoms with Gasteiger partial charge in [-0.1, -0.05) is 6.92 Å². The molecule has 4 heteroatoms. The van der Waals surface area contributed by atoms with Crippen LogP contribution in [0.5, 0.6) is 0 Å². The zero-order valence-electron chi connectivity index (χ0n) is 9.16. The van der Waals surface area contributed by atoms with Crippen LogP contribution >= 0.6 is 0 Å². The number of rotatable bonds is 4. The molecule has 0 saturated heterocycles. The number of carbonyl (C=O) groups excluding carboxylic acids is 1. The molecule has 1 aromatic heterocycles. The van der Waals surface area contributed by atoms with E-state index in [1.165, 1.54) is 0 Å². The first-order valence-electron chi connectivity index (χ1n) is 4.89. The second-order valence-corrected chi connectivity index (χ2v) is 3.47. The summed E-state index contributed by atoms with van der Waals surface area (Å²) >= 11 is 0. The smallest absolute Gasteiger partial charge is 0.184 e. The van der Waals surface area contributed by atoms with Gasteiger partial charge in [-0.3, -0.25) is 4.79 Å². The van der Waals surface area contributed by atoms with Crippen LogP contribution in [0.3, 0.4) is 0 Å². The van der Waals surface area contributed by atoms with Crippen LogP contribution in [0.2, 0.25) is 0 Å². The quantitative estimate of drug-likeness (QED) is 0.748. The second-order valence-electron chi connectivity index (χ2n) is 3.47. The summed E-state index contributed by atoms with van der Waals surface area (Å²) in [7, 11) is 1.81. The van der Waals surface area contributed by atoms with Crippen molar-refractivity contribution < 1.29 is 4.79 Å². The highest BCUT2D eigenvalue weighted by atomic mass is 16.1. The highest BCUT2D eigenvalue weighted by Crippen LogP contribution is 2.19. The minimum atomic E-state index is 0.0775. The highest BCUT2D eigenvalue weighted by Gasteiger charge is 2.16. The molecule has 0 unspecified atom stereocenters. The maximum absolute atomic E-state index is 11.5. The molecule has 0 amide bonds. The number of hydrogen-bond donors (Lipinski definition) is 1. The van der Waals surface area contributed by atoms with E-state index in [1.54, 1.807) is 6.33 Å². The van der Waals surface area contributed by atoms with E-state index in [-0.39, 0.29) is 5.78 Å². The molecule has 0 saturated carbocycles. The largest absolute Gasteiger partial charge is 0.373 e. The van der Waals surface area contributed by atoms with E-state index >= 15 is 0 Å². The normalized spacial score (nSPS) is 10.6. The van der Waals surface area contributed by atoms with Crippen molar-refractivity contribution >= 4 is 11.6 Å². The van der Waals surface area contributed by atoms with Crippen molar-refractivity contribution in [1.29, 1.82) is 0 Å². The molecule has 14 heavy (non-hydrogen) atoms. The maximum Gasteiger partial charge on any atom is 0.184 e. The fourth-order valence-corrected chi connectivity index (χ4v) is 1.37. The Morgan fingerprint density at radius 3 is 2.71 bits per heavy atom. The molecular weight excluding hydrogens is 178 g/mol. The van der Waals surface area contributed by atoms with Crippen LogP contribution in [-0.2, 0) is 0 Å². The first-order chi connectivity index (χ1) is 6.61. The van der Waals surface area contributed by atoms with Gasteiger partial charge < -0.3 is 9.88 Å². The lowest BCUT2D eigenvalue weighted by molar-refractivity contribution is 0.0984. The predicted molar refractivity (Wildman–Crippen MR) is 56.8 cm³/mol. The van der Waals surface area contributed by atoms with Crippen molar-refractivity contribution in [3.63, 3.8) is 0 Å². The minimum absolute atomic E-state index is 0.0775. The number of nitrogens with zero attached hydrogens (tertiary/aromatic N) is 2. The third-order valence-electron chi connectivity index (χ3n) is 2.17. The Morgan fingerprint density at radius 1 is 1.64 bits per heavy atom. The number of carbonyl (C=O) groups is 1. The van der Waals surface area contributed by atoms with Crippen LogP contribution < -0.4 is 5.32 Å². The summed E-state index contributed by atoms with van der Waals surface area (Å²) in [5.41, 5.74) is 0.545. The summed E-state index contributed by atoms with van der Waals surface area (Å²) in [4.78, 5) is 15.6. The number of anilines is 1. The van der Waals surface area contributed by atoms with E-state index in [0.29, 0.717) is 18.2 Å². The van der Waals surface area contributed by atoms with Crippen LogP contribution in [0.1, 0.15) is 43.7 Å². The summed E-state index contributed by atoms with van der Waals surface area (Å²) in [6.07, 6.45) is 2.20. The average Bonchev–Trinajstić information content (AvgIpc) is 2.59. The van der Waals surface area contributed by atoms with Gasteiger partial charge in [-0.15, -0.1) is 0 Å². The first-order valence-corrected chi connectivity index (χ1v) is 4.89. The molecule has 0 aliphatic rings. The second kappa shape index (κ2) is 4.26. The Bertz CT molecular complexity index is 328. The van der Waals surface area contributed by atoms with Gasteiger partial charge in [-0.25, -0.2) is 4.98 Å². The third-order valence-corrected chi connectivity index (χ3v) is 2.17. The number of imidazole rings is 1. The summed E-state index contributed by atoms with van der Waals surface area (Å²) in [6, 6.07) is 0.309. The van der Waals surface area contributed by atoms with E-state index in [0.717, 1.165) is 5.82 Å². The van der Waals surface area contributed by atoms with Gasteiger partial charge in [-0.2, -0.15) is 0 Å². The average molecular weight is 195 g/mol. The summed E-state index contributed by atoms with van der Waals surface area (Å²) < 4.78 is 1.96. The van der Waals surface area contributed by atoms with Gasteiger partial charge in [0.15, 0.2) is 5.78 Å². The number of Topliss-reactive ketones (excluding diaryl/α,β-unsaturated/α-hetero) is 1. The molecule has 0 spiro atoms. The Morgan fingerprint density at radius 2 is 2.29 bits per heavy atom. The molecule has 1 N–H and O–H groups in total. The molecule has 1 heterocycles. The van der Waals surface area contributed by atoms with E-state index < -0.39 is 0 Å². The summed E-state index contributed by atoms with van der Waals surface area (Å²) in [5.74, 6) is 0.889. The molecule has 0 aliphatic heterocycles. The lowest BCUT2D eigenvalue weighted by Crippen LogP contribution is -2.08. The van der Waals surface area contributed by atoms with E-state index in [4.69, 9.17) is 0 Å². The molecule has 0 atom stereocenters. The van der Waals surface area contributed by atoms with Crippen molar-refractivity contribution in [2.75, 3.05) is 12.4 Å². The molecule has 1 rings (SSSR count). The number of hydrogen-bond acceptors (Lipinski definition) is 3. The fourth-order valence-electron chi connectivity index (χ4n) is 1.37. The zero-order chi connectivity index (χ0) is 10.7. The number of aromatic nitrogens is 2.